The van der Waals surface area contributed by atoms with E-state index in [1.165, 1.54) is 4.88 Å². The van der Waals surface area contributed by atoms with Gasteiger partial charge in [0, 0.05) is 10.9 Å². The highest BCUT2D eigenvalue weighted by Gasteiger charge is 1.97. The summed E-state index contributed by atoms with van der Waals surface area (Å²) in [6, 6.07) is 5.78. The van der Waals surface area contributed by atoms with E-state index in [4.69, 9.17) is 9.15 Å². The van der Waals surface area contributed by atoms with Crippen LogP contribution in [0.3, 0.4) is 0 Å². The lowest BCUT2D eigenvalue weighted by molar-refractivity contribution is 0.304. The largest absolute Gasteiger partial charge is 0.484 e. The standard InChI is InChI=1S/C9H7O2S/c1-2-9(12-5-1)7-11-8-3-4-10-6-8/h1-5H,7H2. The lowest BCUT2D eigenvalue weighted by atomic mass is 10.5. The summed E-state index contributed by atoms with van der Waals surface area (Å²) in [5.74, 6) is 0.656. The van der Waals surface area contributed by atoms with Gasteiger partial charge in [0.2, 0.25) is 6.26 Å². The first-order valence-corrected chi connectivity index (χ1v) is 4.43. The van der Waals surface area contributed by atoms with E-state index >= 15 is 0 Å². The predicted molar refractivity (Wildman–Crippen MR) is 46.2 cm³/mol. The topological polar surface area (TPSA) is 22.4 Å². The highest BCUT2D eigenvalue weighted by atomic mass is 32.1. The maximum absolute atomic E-state index is 5.35. The van der Waals surface area contributed by atoms with Crippen LogP contribution in [0.15, 0.2) is 34.3 Å². The van der Waals surface area contributed by atoms with Gasteiger partial charge in [-0.1, -0.05) is 6.07 Å². The Balaban J connectivity index is 1.91. The van der Waals surface area contributed by atoms with Gasteiger partial charge in [-0.15, -0.1) is 11.3 Å². The lowest BCUT2D eigenvalue weighted by Gasteiger charge is -1.98. The zero-order chi connectivity index (χ0) is 8.23. The molecule has 0 aliphatic rings. The third-order valence-electron chi connectivity index (χ3n) is 1.40. The van der Waals surface area contributed by atoms with Crippen molar-refractivity contribution in [2.75, 3.05) is 0 Å². The maximum atomic E-state index is 5.35. The van der Waals surface area contributed by atoms with E-state index in [0.717, 1.165) is 0 Å². The number of ether oxygens (including phenoxy) is 1. The van der Waals surface area contributed by atoms with E-state index in [2.05, 4.69) is 6.26 Å². The van der Waals surface area contributed by atoms with Crippen LogP contribution in [-0.2, 0) is 6.61 Å². The number of hydrogen-bond acceptors (Lipinski definition) is 3. The third kappa shape index (κ3) is 1.68. The molecular weight excluding hydrogens is 172 g/mol. The van der Waals surface area contributed by atoms with Gasteiger partial charge in [-0.3, -0.25) is 0 Å². The number of rotatable bonds is 3. The molecule has 2 aromatic heterocycles. The third-order valence-corrected chi connectivity index (χ3v) is 2.25. The minimum absolute atomic E-state index is 0.591. The summed E-state index contributed by atoms with van der Waals surface area (Å²) in [7, 11) is 0. The molecule has 1 radical (unpaired) electrons. The molecule has 0 fully saturated rings. The summed E-state index contributed by atoms with van der Waals surface area (Å²) in [6.07, 6.45) is 4.15. The molecule has 2 rings (SSSR count). The minimum Gasteiger partial charge on any atom is -0.484 e. The lowest BCUT2D eigenvalue weighted by Crippen LogP contribution is -1.90. The SMILES string of the molecule is [c]1occc1OCc1cccs1. The van der Waals surface area contributed by atoms with E-state index in [-0.39, 0.29) is 0 Å². The summed E-state index contributed by atoms with van der Waals surface area (Å²) in [5.41, 5.74) is 0. The fraction of sp³-hybridized carbons (Fsp3) is 0.111. The molecule has 61 valence electrons. The van der Waals surface area contributed by atoms with Crippen molar-refractivity contribution in [3.8, 4) is 5.75 Å². The monoisotopic (exact) mass is 179 g/mol. The second kappa shape index (κ2) is 3.45. The molecule has 0 aliphatic heterocycles. The first-order valence-electron chi connectivity index (χ1n) is 3.55. The molecule has 3 heteroatoms. The Morgan fingerprint density at radius 2 is 2.50 bits per heavy atom. The number of furan rings is 1. The van der Waals surface area contributed by atoms with Gasteiger partial charge in [0.05, 0.1) is 6.26 Å². The number of hydrogen-bond donors (Lipinski definition) is 0. The van der Waals surface area contributed by atoms with E-state index in [0.29, 0.717) is 12.4 Å². The van der Waals surface area contributed by atoms with Crippen molar-refractivity contribution in [2.24, 2.45) is 0 Å². The second-order valence-electron chi connectivity index (χ2n) is 2.25. The van der Waals surface area contributed by atoms with Crippen molar-refractivity contribution in [2.45, 2.75) is 6.61 Å². The van der Waals surface area contributed by atoms with E-state index in [9.17, 15) is 0 Å². The van der Waals surface area contributed by atoms with Gasteiger partial charge in [-0.25, -0.2) is 0 Å². The molecule has 2 nitrogen and oxygen atoms in total. The fourth-order valence-corrected chi connectivity index (χ4v) is 1.46. The van der Waals surface area contributed by atoms with Crippen molar-refractivity contribution in [3.63, 3.8) is 0 Å². The molecule has 0 aromatic carbocycles. The second-order valence-corrected chi connectivity index (χ2v) is 3.29. The number of thiophene rings is 1. The minimum atomic E-state index is 0.591. The molecule has 12 heavy (non-hydrogen) atoms. The van der Waals surface area contributed by atoms with Crippen molar-refractivity contribution in [3.05, 3.63) is 41.0 Å². The molecule has 0 bridgehead atoms. The highest BCUT2D eigenvalue weighted by molar-refractivity contribution is 7.09. The molecule has 0 atom stereocenters. The Morgan fingerprint density at radius 3 is 3.17 bits per heavy atom. The predicted octanol–water partition coefficient (Wildman–Crippen LogP) is 2.72. The Morgan fingerprint density at radius 1 is 1.50 bits per heavy atom. The first-order chi connectivity index (χ1) is 5.95. The summed E-state index contributed by atoms with van der Waals surface area (Å²) in [5, 5.41) is 2.03. The fourth-order valence-electron chi connectivity index (χ4n) is 0.843. The Hall–Kier alpha value is -1.22. The highest BCUT2D eigenvalue weighted by Crippen LogP contribution is 2.14. The van der Waals surface area contributed by atoms with E-state index in [1.807, 2.05) is 17.5 Å². The first kappa shape index (κ1) is 7.43. The molecule has 0 N–H and O–H groups in total. The summed E-state index contributed by atoms with van der Waals surface area (Å²) >= 11 is 1.68. The summed E-state index contributed by atoms with van der Waals surface area (Å²) in [6.45, 7) is 0.591. The molecule has 0 aliphatic carbocycles. The van der Waals surface area contributed by atoms with Crippen molar-refractivity contribution in [1.29, 1.82) is 0 Å². The van der Waals surface area contributed by atoms with Crippen LogP contribution in [-0.4, -0.2) is 0 Å². The van der Waals surface area contributed by atoms with Crippen LogP contribution < -0.4 is 4.74 Å². The Bertz CT molecular complexity index is 276. The van der Waals surface area contributed by atoms with Crippen molar-refractivity contribution in [1.82, 2.24) is 0 Å². The zero-order valence-electron chi connectivity index (χ0n) is 6.32. The van der Waals surface area contributed by atoms with Crippen LogP contribution >= 0.6 is 11.3 Å². The maximum Gasteiger partial charge on any atom is 0.214 e. The molecule has 0 spiro atoms. The van der Waals surface area contributed by atoms with Crippen LogP contribution in [0.25, 0.3) is 0 Å². The van der Waals surface area contributed by atoms with Gasteiger partial charge in [0.1, 0.15) is 6.61 Å². The van der Waals surface area contributed by atoms with Crippen LogP contribution in [0.5, 0.6) is 5.75 Å². The van der Waals surface area contributed by atoms with Gasteiger partial charge < -0.3 is 9.15 Å². The van der Waals surface area contributed by atoms with Crippen LogP contribution in [0.1, 0.15) is 4.88 Å². The van der Waals surface area contributed by atoms with E-state index in [1.54, 1.807) is 23.7 Å². The van der Waals surface area contributed by atoms with Crippen LogP contribution in [0.2, 0.25) is 0 Å². The quantitative estimate of drug-likeness (QED) is 0.722. The molecule has 0 saturated heterocycles. The van der Waals surface area contributed by atoms with Gasteiger partial charge in [-0.2, -0.15) is 0 Å². The smallest absolute Gasteiger partial charge is 0.214 e. The average Bonchev–Trinajstić information content (AvgIpc) is 2.74. The summed E-state index contributed by atoms with van der Waals surface area (Å²) < 4.78 is 10.1. The van der Waals surface area contributed by atoms with Gasteiger partial charge in [-0.05, 0) is 11.4 Å². The van der Waals surface area contributed by atoms with Crippen LogP contribution in [0.4, 0.5) is 0 Å². The van der Waals surface area contributed by atoms with Gasteiger partial charge in [0.15, 0.2) is 5.75 Å². The van der Waals surface area contributed by atoms with E-state index < -0.39 is 0 Å². The summed E-state index contributed by atoms with van der Waals surface area (Å²) in [4.78, 5) is 1.20. The molecule has 0 amide bonds. The molecule has 0 unspecified atom stereocenters. The Kier molecular flexibility index (Phi) is 2.14. The van der Waals surface area contributed by atoms with Gasteiger partial charge in [0.25, 0.3) is 0 Å². The van der Waals surface area contributed by atoms with Crippen molar-refractivity contribution >= 4 is 11.3 Å². The average molecular weight is 179 g/mol. The molecular formula is C9H7O2S. The molecule has 2 heterocycles. The normalized spacial score (nSPS) is 10.0. The van der Waals surface area contributed by atoms with Gasteiger partial charge >= 0.3 is 0 Å². The molecule has 0 saturated carbocycles. The van der Waals surface area contributed by atoms with Crippen molar-refractivity contribution < 1.29 is 9.15 Å². The zero-order valence-corrected chi connectivity index (χ0v) is 7.14. The van der Waals surface area contributed by atoms with Crippen LogP contribution in [0, 0.1) is 6.26 Å². The molecule has 2 aromatic rings. The Labute approximate surface area is 74.4 Å².